The minimum atomic E-state index is -0.864. The van der Waals surface area contributed by atoms with Crippen LogP contribution in [-0.4, -0.2) is 42.3 Å². The summed E-state index contributed by atoms with van der Waals surface area (Å²) in [5, 5.41) is 11.8. The number of anilines is 1. The fourth-order valence-electron chi connectivity index (χ4n) is 2.63. The van der Waals surface area contributed by atoms with Crippen molar-refractivity contribution >= 4 is 11.8 Å². The summed E-state index contributed by atoms with van der Waals surface area (Å²) < 4.78 is 5.13. The van der Waals surface area contributed by atoms with E-state index in [-0.39, 0.29) is 11.4 Å². The first-order valence-corrected chi connectivity index (χ1v) is 7.22. The zero-order valence-electron chi connectivity index (χ0n) is 12.1. The molecule has 2 rings (SSSR count). The standard InChI is InChI=1S/C14H20N2O5/c1-2-21-13-10(11(17)12(13)18)15-6-3-9-4-7-16(8-5-9)14(19)20/h9,15H,2-8H2,1H3,(H,19,20). The zero-order valence-corrected chi connectivity index (χ0v) is 12.1. The first-order valence-electron chi connectivity index (χ1n) is 7.22. The number of hydrogen-bond donors (Lipinski definition) is 2. The highest BCUT2D eigenvalue weighted by Gasteiger charge is 2.24. The van der Waals surface area contributed by atoms with Crippen LogP contribution in [0.4, 0.5) is 10.5 Å². The number of amides is 1. The number of carboxylic acid groups (broad SMARTS) is 1. The Kier molecular flexibility index (Phi) is 4.82. The van der Waals surface area contributed by atoms with Gasteiger partial charge in [0.05, 0.1) is 6.61 Å². The number of nitrogens with one attached hydrogen (secondary N) is 1. The Balaban J connectivity index is 1.76. The van der Waals surface area contributed by atoms with Gasteiger partial charge in [-0.15, -0.1) is 0 Å². The van der Waals surface area contributed by atoms with Crippen molar-refractivity contribution in [2.24, 2.45) is 5.92 Å². The third-order valence-electron chi connectivity index (χ3n) is 3.89. The molecule has 0 spiro atoms. The Morgan fingerprint density at radius 3 is 2.57 bits per heavy atom. The highest BCUT2D eigenvalue weighted by molar-refractivity contribution is 5.65. The summed E-state index contributed by atoms with van der Waals surface area (Å²) >= 11 is 0. The molecule has 7 heteroatoms. The van der Waals surface area contributed by atoms with E-state index in [4.69, 9.17) is 9.84 Å². The van der Waals surface area contributed by atoms with Crippen LogP contribution in [0, 0.1) is 5.92 Å². The smallest absolute Gasteiger partial charge is 0.407 e. The summed E-state index contributed by atoms with van der Waals surface area (Å²) in [5.41, 5.74) is -0.793. The summed E-state index contributed by atoms with van der Waals surface area (Å²) in [6, 6.07) is 0. The third kappa shape index (κ3) is 3.34. The number of rotatable bonds is 6. The lowest BCUT2D eigenvalue weighted by molar-refractivity contribution is 0.123. The van der Waals surface area contributed by atoms with Crippen LogP contribution < -0.4 is 20.9 Å². The summed E-state index contributed by atoms with van der Waals surface area (Å²) in [5.74, 6) is 0.582. The summed E-state index contributed by atoms with van der Waals surface area (Å²) in [6.07, 6.45) is 1.64. The number of ether oxygens (including phenoxy) is 1. The van der Waals surface area contributed by atoms with Crippen molar-refractivity contribution in [3.63, 3.8) is 0 Å². The molecule has 1 aromatic rings. The first-order chi connectivity index (χ1) is 10.0. The highest BCUT2D eigenvalue weighted by atomic mass is 16.5. The number of nitrogens with zero attached hydrogens (tertiary/aromatic N) is 1. The van der Waals surface area contributed by atoms with Crippen LogP contribution in [0.15, 0.2) is 9.59 Å². The van der Waals surface area contributed by atoms with Gasteiger partial charge in [-0.05, 0) is 32.1 Å². The van der Waals surface area contributed by atoms with E-state index in [1.54, 1.807) is 6.92 Å². The van der Waals surface area contributed by atoms with E-state index < -0.39 is 17.0 Å². The molecular formula is C14H20N2O5. The molecule has 0 unspecified atom stereocenters. The minimum absolute atomic E-state index is 0.142. The molecule has 0 saturated carbocycles. The van der Waals surface area contributed by atoms with Crippen LogP contribution >= 0.6 is 0 Å². The number of likely N-dealkylation sites (tertiary alicyclic amines) is 1. The Bertz CT molecular complexity index is 568. The number of hydrogen-bond acceptors (Lipinski definition) is 5. The van der Waals surface area contributed by atoms with Crippen LogP contribution in [0.25, 0.3) is 0 Å². The summed E-state index contributed by atoms with van der Waals surface area (Å²) in [7, 11) is 0. The van der Waals surface area contributed by atoms with Crippen molar-refractivity contribution in [3.8, 4) is 5.75 Å². The average molecular weight is 296 g/mol. The molecule has 21 heavy (non-hydrogen) atoms. The van der Waals surface area contributed by atoms with Crippen LogP contribution in [0.1, 0.15) is 26.2 Å². The SMILES string of the molecule is CCOc1c(NCCC2CCN(C(=O)O)CC2)c(=O)c1=O. The molecule has 0 radical (unpaired) electrons. The van der Waals surface area contributed by atoms with Gasteiger partial charge in [-0.3, -0.25) is 9.59 Å². The molecule has 116 valence electrons. The van der Waals surface area contributed by atoms with Crippen LogP contribution in [0.3, 0.4) is 0 Å². The molecule has 1 amide bonds. The molecule has 0 bridgehead atoms. The average Bonchev–Trinajstić information content (AvgIpc) is 2.50. The Labute approximate surface area is 122 Å². The van der Waals surface area contributed by atoms with Crippen LogP contribution in [-0.2, 0) is 0 Å². The van der Waals surface area contributed by atoms with E-state index in [0.29, 0.717) is 32.2 Å². The maximum Gasteiger partial charge on any atom is 0.407 e. The van der Waals surface area contributed by atoms with Crippen LogP contribution in [0.5, 0.6) is 5.75 Å². The normalized spacial score (nSPS) is 16.1. The van der Waals surface area contributed by atoms with Crippen LogP contribution in [0.2, 0.25) is 0 Å². The largest absolute Gasteiger partial charge is 0.488 e. The van der Waals surface area contributed by atoms with Gasteiger partial charge in [0.15, 0.2) is 5.75 Å². The van der Waals surface area contributed by atoms with E-state index in [2.05, 4.69) is 5.32 Å². The Morgan fingerprint density at radius 1 is 1.33 bits per heavy atom. The maximum absolute atomic E-state index is 11.4. The molecule has 1 heterocycles. The number of piperidine rings is 1. The summed E-state index contributed by atoms with van der Waals surface area (Å²) in [6.45, 7) is 3.82. The lowest BCUT2D eigenvalue weighted by Gasteiger charge is -2.30. The van der Waals surface area contributed by atoms with Gasteiger partial charge in [-0.1, -0.05) is 0 Å². The van der Waals surface area contributed by atoms with Gasteiger partial charge >= 0.3 is 6.09 Å². The first kappa shape index (κ1) is 15.3. The fraction of sp³-hybridized carbons (Fsp3) is 0.643. The van der Waals surface area contributed by atoms with E-state index in [1.165, 1.54) is 4.90 Å². The fourth-order valence-corrected chi connectivity index (χ4v) is 2.63. The third-order valence-corrected chi connectivity index (χ3v) is 3.89. The summed E-state index contributed by atoms with van der Waals surface area (Å²) in [4.78, 5) is 34.9. The Hall–Kier alpha value is -2.05. The van der Waals surface area contributed by atoms with Crippen molar-refractivity contribution in [2.45, 2.75) is 26.2 Å². The van der Waals surface area contributed by atoms with E-state index >= 15 is 0 Å². The lowest BCUT2D eigenvalue weighted by atomic mass is 9.94. The van der Waals surface area contributed by atoms with Crippen molar-refractivity contribution in [1.29, 1.82) is 0 Å². The molecular weight excluding hydrogens is 276 g/mol. The minimum Gasteiger partial charge on any atom is -0.488 e. The number of carbonyl (C=O) groups is 1. The highest BCUT2D eigenvalue weighted by Crippen LogP contribution is 2.22. The molecule has 1 aromatic carbocycles. The van der Waals surface area contributed by atoms with Crippen molar-refractivity contribution in [3.05, 3.63) is 20.4 Å². The molecule has 0 atom stereocenters. The molecule has 1 saturated heterocycles. The molecule has 2 N–H and O–H groups in total. The van der Waals surface area contributed by atoms with Gasteiger partial charge in [0.25, 0.3) is 10.9 Å². The predicted molar refractivity (Wildman–Crippen MR) is 78.0 cm³/mol. The van der Waals surface area contributed by atoms with Gasteiger partial charge in [0.1, 0.15) is 5.69 Å². The molecule has 7 nitrogen and oxygen atoms in total. The van der Waals surface area contributed by atoms with Gasteiger partial charge in [0, 0.05) is 19.6 Å². The second-order valence-electron chi connectivity index (χ2n) is 5.22. The van der Waals surface area contributed by atoms with E-state index in [1.807, 2.05) is 0 Å². The van der Waals surface area contributed by atoms with Crippen molar-refractivity contribution in [1.82, 2.24) is 4.90 Å². The molecule has 0 aromatic heterocycles. The predicted octanol–water partition coefficient (Wildman–Crippen LogP) is 0.873. The van der Waals surface area contributed by atoms with E-state index in [9.17, 15) is 14.4 Å². The van der Waals surface area contributed by atoms with Gasteiger partial charge < -0.3 is 20.1 Å². The maximum atomic E-state index is 11.4. The lowest BCUT2D eigenvalue weighted by Crippen LogP contribution is -2.38. The monoisotopic (exact) mass is 296 g/mol. The topological polar surface area (TPSA) is 95.9 Å². The van der Waals surface area contributed by atoms with Crippen molar-refractivity contribution < 1.29 is 14.6 Å². The molecule has 1 aliphatic heterocycles. The quantitative estimate of drug-likeness (QED) is 0.756. The Morgan fingerprint density at radius 2 is 2.00 bits per heavy atom. The van der Waals surface area contributed by atoms with Gasteiger partial charge in [0.2, 0.25) is 0 Å². The zero-order chi connectivity index (χ0) is 15.4. The molecule has 1 aliphatic rings. The second kappa shape index (κ2) is 6.60. The molecule has 0 aliphatic carbocycles. The van der Waals surface area contributed by atoms with Crippen molar-refractivity contribution in [2.75, 3.05) is 31.6 Å². The van der Waals surface area contributed by atoms with Gasteiger partial charge in [-0.25, -0.2) is 4.79 Å². The van der Waals surface area contributed by atoms with E-state index in [0.717, 1.165) is 19.3 Å². The molecule has 1 fully saturated rings. The van der Waals surface area contributed by atoms with Gasteiger partial charge in [-0.2, -0.15) is 0 Å². The second-order valence-corrected chi connectivity index (χ2v) is 5.22.